The molecule has 1 aromatic heterocycles. The van der Waals surface area contributed by atoms with Crippen molar-refractivity contribution in [2.75, 3.05) is 58.8 Å². The maximum Gasteiger partial charge on any atom is 0.222 e. The van der Waals surface area contributed by atoms with Crippen LogP contribution in [0.1, 0.15) is 24.8 Å². The van der Waals surface area contributed by atoms with Crippen molar-refractivity contribution in [3.05, 3.63) is 36.5 Å². The van der Waals surface area contributed by atoms with Crippen LogP contribution in [0.5, 0.6) is 0 Å². The van der Waals surface area contributed by atoms with Gasteiger partial charge in [0.25, 0.3) is 0 Å². The number of rotatable bonds is 5. The Morgan fingerprint density at radius 3 is 2.74 bits per heavy atom. The third-order valence-electron chi connectivity index (χ3n) is 6.11. The summed E-state index contributed by atoms with van der Waals surface area (Å²) in [4.78, 5) is 26.0. The number of hydrogen-bond donors (Lipinski definition) is 0. The summed E-state index contributed by atoms with van der Waals surface area (Å²) in [6.45, 7) is 9.29. The summed E-state index contributed by atoms with van der Waals surface area (Å²) in [6, 6.07) is 4.26. The molecule has 0 saturated carbocycles. The van der Waals surface area contributed by atoms with Gasteiger partial charge in [0.15, 0.2) is 0 Å². The summed E-state index contributed by atoms with van der Waals surface area (Å²) in [7, 11) is 6.24. The van der Waals surface area contributed by atoms with E-state index < -0.39 is 0 Å². The van der Waals surface area contributed by atoms with Crippen LogP contribution >= 0.6 is 0 Å². The summed E-state index contributed by atoms with van der Waals surface area (Å²) in [5, 5.41) is 0. The first kappa shape index (κ1) is 19.8. The van der Waals surface area contributed by atoms with Crippen molar-refractivity contribution in [1.82, 2.24) is 19.7 Å². The molecule has 1 amide bonds. The number of amides is 1. The molecule has 148 valence electrons. The highest BCUT2D eigenvalue weighted by molar-refractivity contribution is 5.76. The van der Waals surface area contributed by atoms with Crippen LogP contribution in [0, 0.1) is 0 Å². The molecule has 0 unspecified atom stereocenters. The summed E-state index contributed by atoms with van der Waals surface area (Å²) in [5.74, 6) is 1.25. The largest absolute Gasteiger partial charge is 0.363 e. The van der Waals surface area contributed by atoms with Crippen molar-refractivity contribution in [3.63, 3.8) is 0 Å². The Morgan fingerprint density at radius 1 is 1.26 bits per heavy atom. The zero-order valence-corrected chi connectivity index (χ0v) is 17.0. The van der Waals surface area contributed by atoms with E-state index in [2.05, 4.69) is 40.5 Å². The Bertz CT molecular complexity index is 659. The van der Waals surface area contributed by atoms with Crippen LogP contribution in [-0.2, 0) is 11.3 Å². The number of likely N-dealkylation sites (tertiary alicyclic amines) is 1. The number of likely N-dealkylation sites (N-methyl/N-ethyl adjacent to an activating group) is 1. The number of anilines is 1. The van der Waals surface area contributed by atoms with E-state index in [9.17, 15) is 4.79 Å². The summed E-state index contributed by atoms with van der Waals surface area (Å²) in [6.07, 6.45) is 6.41. The molecular formula is C21H33N5O. The van der Waals surface area contributed by atoms with Crippen molar-refractivity contribution in [2.45, 2.75) is 31.3 Å². The Hall–Kier alpha value is -1.92. The van der Waals surface area contributed by atoms with Crippen molar-refractivity contribution in [2.24, 2.45) is 0 Å². The zero-order chi connectivity index (χ0) is 19.4. The van der Waals surface area contributed by atoms with Crippen LogP contribution in [-0.4, -0.2) is 85.0 Å². The molecule has 1 atom stereocenters. The first-order chi connectivity index (χ1) is 12.9. The van der Waals surface area contributed by atoms with E-state index in [4.69, 9.17) is 0 Å². The number of hydrogen-bond acceptors (Lipinski definition) is 5. The first-order valence-corrected chi connectivity index (χ1v) is 9.88. The van der Waals surface area contributed by atoms with E-state index in [-0.39, 0.29) is 11.4 Å². The van der Waals surface area contributed by atoms with Gasteiger partial charge in [0.2, 0.25) is 5.91 Å². The van der Waals surface area contributed by atoms with Crippen LogP contribution in [0.4, 0.5) is 5.82 Å². The third kappa shape index (κ3) is 4.50. The van der Waals surface area contributed by atoms with Crippen LogP contribution in [0.3, 0.4) is 0 Å². The van der Waals surface area contributed by atoms with Crippen molar-refractivity contribution in [1.29, 1.82) is 0 Å². The molecule has 2 fully saturated rings. The minimum Gasteiger partial charge on any atom is -0.363 e. The Labute approximate surface area is 163 Å². The van der Waals surface area contributed by atoms with E-state index >= 15 is 0 Å². The third-order valence-corrected chi connectivity index (χ3v) is 6.11. The topological polar surface area (TPSA) is 42.9 Å². The molecule has 2 aliphatic heterocycles. The average molecular weight is 372 g/mol. The number of pyridine rings is 1. The standard InChI is InChI=1S/C21H33N5O/c1-5-11-26-12-10-21(9-8-20(26)27)17-25(14-13-24(21)4)16-18-6-7-19(22-15-18)23(2)3/h5-7,15H,1,8-14,16-17H2,2-4H3/t21-/m0/s1. The van der Waals surface area contributed by atoms with E-state index in [1.165, 1.54) is 5.56 Å². The Morgan fingerprint density at radius 2 is 2.07 bits per heavy atom. The van der Waals surface area contributed by atoms with Gasteiger partial charge in [-0.05, 0) is 31.5 Å². The van der Waals surface area contributed by atoms with E-state index in [1.54, 1.807) is 0 Å². The summed E-state index contributed by atoms with van der Waals surface area (Å²) in [5.41, 5.74) is 1.33. The first-order valence-electron chi connectivity index (χ1n) is 9.88. The van der Waals surface area contributed by atoms with Crippen molar-refractivity contribution < 1.29 is 4.79 Å². The zero-order valence-electron chi connectivity index (χ0n) is 17.0. The van der Waals surface area contributed by atoms with E-state index in [0.717, 1.165) is 51.4 Å². The molecule has 0 aliphatic carbocycles. The van der Waals surface area contributed by atoms with Gasteiger partial charge in [0.05, 0.1) is 0 Å². The van der Waals surface area contributed by atoms with Gasteiger partial charge in [-0.25, -0.2) is 4.98 Å². The lowest BCUT2D eigenvalue weighted by Gasteiger charge is -2.49. The molecule has 0 bridgehead atoms. The number of nitrogens with zero attached hydrogens (tertiary/aromatic N) is 5. The molecule has 2 aliphatic rings. The van der Waals surface area contributed by atoms with Crippen LogP contribution in [0.2, 0.25) is 0 Å². The van der Waals surface area contributed by atoms with Gasteiger partial charge in [0, 0.05) is 71.5 Å². The Kier molecular flexibility index (Phi) is 6.17. The predicted octanol–water partition coefficient (Wildman–Crippen LogP) is 1.83. The molecular weight excluding hydrogens is 338 g/mol. The van der Waals surface area contributed by atoms with Crippen molar-refractivity contribution in [3.8, 4) is 0 Å². The molecule has 6 heteroatoms. The molecule has 1 aromatic rings. The fraction of sp³-hybridized carbons (Fsp3) is 0.619. The number of aromatic nitrogens is 1. The van der Waals surface area contributed by atoms with Crippen molar-refractivity contribution >= 4 is 11.7 Å². The molecule has 0 radical (unpaired) electrons. The minimum atomic E-state index is 0.0842. The molecule has 27 heavy (non-hydrogen) atoms. The second-order valence-electron chi connectivity index (χ2n) is 8.15. The maximum atomic E-state index is 12.4. The highest BCUT2D eigenvalue weighted by atomic mass is 16.2. The van der Waals surface area contributed by atoms with Crippen LogP contribution in [0.15, 0.2) is 31.0 Å². The SMILES string of the molecule is C=CCN1CC[C@@]2(CCC1=O)CN(Cc1ccc(N(C)C)nc1)CCN2C. The molecule has 0 N–H and O–H groups in total. The highest BCUT2D eigenvalue weighted by Gasteiger charge is 2.42. The molecule has 3 rings (SSSR count). The smallest absolute Gasteiger partial charge is 0.222 e. The van der Waals surface area contributed by atoms with Crippen LogP contribution < -0.4 is 4.90 Å². The van der Waals surface area contributed by atoms with Gasteiger partial charge < -0.3 is 9.80 Å². The molecule has 1 spiro atoms. The Balaban J connectivity index is 1.68. The quantitative estimate of drug-likeness (QED) is 0.739. The highest BCUT2D eigenvalue weighted by Crippen LogP contribution is 2.32. The monoisotopic (exact) mass is 371 g/mol. The van der Waals surface area contributed by atoms with Gasteiger partial charge in [-0.3, -0.25) is 14.6 Å². The molecule has 2 saturated heterocycles. The van der Waals surface area contributed by atoms with Gasteiger partial charge in [-0.2, -0.15) is 0 Å². The van der Waals surface area contributed by atoms with Gasteiger partial charge >= 0.3 is 0 Å². The minimum absolute atomic E-state index is 0.0842. The van der Waals surface area contributed by atoms with Gasteiger partial charge in [-0.15, -0.1) is 6.58 Å². The average Bonchev–Trinajstić information content (AvgIpc) is 2.80. The van der Waals surface area contributed by atoms with Gasteiger partial charge in [-0.1, -0.05) is 12.1 Å². The molecule has 6 nitrogen and oxygen atoms in total. The van der Waals surface area contributed by atoms with E-state index in [0.29, 0.717) is 13.0 Å². The number of carbonyl (C=O) groups excluding carboxylic acids is 1. The van der Waals surface area contributed by atoms with Gasteiger partial charge in [0.1, 0.15) is 5.82 Å². The number of piperazine rings is 1. The maximum absolute atomic E-state index is 12.4. The number of carbonyl (C=O) groups is 1. The second kappa shape index (κ2) is 8.40. The molecule has 0 aromatic carbocycles. The lowest BCUT2D eigenvalue weighted by molar-refractivity contribution is -0.130. The predicted molar refractivity (Wildman–Crippen MR) is 110 cm³/mol. The second-order valence-corrected chi connectivity index (χ2v) is 8.15. The van der Waals surface area contributed by atoms with E-state index in [1.807, 2.05) is 36.2 Å². The van der Waals surface area contributed by atoms with Crippen LogP contribution in [0.25, 0.3) is 0 Å². The molecule has 3 heterocycles. The fourth-order valence-corrected chi connectivity index (χ4v) is 4.29. The normalized spacial score (nSPS) is 24.9. The lowest BCUT2D eigenvalue weighted by Crippen LogP contribution is -2.60. The summed E-state index contributed by atoms with van der Waals surface area (Å²) < 4.78 is 0. The summed E-state index contributed by atoms with van der Waals surface area (Å²) >= 11 is 0. The lowest BCUT2D eigenvalue weighted by atomic mass is 9.86. The fourth-order valence-electron chi connectivity index (χ4n) is 4.29.